The number of imidazole rings is 3. The van der Waals surface area contributed by atoms with Crippen LogP contribution in [-0.2, 0) is 6.42 Å². The maximum Gasteiger partial charge on any atom is 0.149 e. The Labute approximate surface area is 436 Å². The molecule has 8 aromatic carbocycles. The van der Waals surface area contributed by atoms with E-state index in [-0.39, 0.29) is 0 Å². The monoisotopic (exact) mass is 975 g/mol. The van der Waals surface area contributed by atoms with Gasteiger partial charge in [-0.1, -0.05) is 122 Å². The van der Waals surface area contributed by atoms with Crippen molar-refractivity contribution >= 4 is 73.0 Å². The number of hydrogen-bond donors (Lipinski definition) is 0. The minimum Gasteiger partial charge on any atom is -0.276 e. The maximum absolute atomic E-state index is 5.45. The Morgan fingerprint density at radius 1 is 0.382 bits per heavy atom. The Bertz CT molecular complexity index is 4840. The van der Waals surface area contributed by atoms with Crippen LogP contribution in [0.1, 0.15) is 48.3 Å². The highest BCUT2D eigenvalue weighted by molar-refractivity contribution is 5.99. The van der Waals surface area contributed by atoms with Gasteiger partial charge in [0.25, 0.3) is 0 Å². The molecule has 6 aromatic heterocycles. The molecule has 0 bridgehead atoms. The lowest BCUT2D eigenvalue weighted by Gasteiger charge is -2.20. The summed E-state index contributed by atoms with van der Waals surface area (Å²) < 4.78 is 6.75. The average molecular weight is 976 g/mol. The van der Waals surface area contributed by atoms with E-state index >= 15 is 0 Å². The average Bonchev–Trinajstić information content (AvgIpc) is 4.24. The number of allylic oxidation sites excluding steroid dienone is 2. The zero-order chi connectivity index (χ0) is 50.0. The Hall–Kier alpha value is -9.86. The minimum absolute atomic E-state index is 0.304. The molecular formula is C67H45N9. The van der Waals surface area contributed by atoms with Crippen molar-refractivity contribution in [2.75, 3.05) is 0 Å². The molecule has 0 radical (unpaired) electrons. The van der Waals surface area contributed by atoms with Crippen molar-refractivity contribution in [3.8, 4) is 67.5 Å². The molecule has 0 spiro atoms. The van der Waals surface area contributed by atoms with Crippen LogP contribution in [0, 0.1) is 0 Å². The van der Waals surface area contributed by atoms with Crippen LogP contribution >= 0.6 is 0 Å². The molecule has 0 N–H and O–H groups in total. The van der Waals surface area contributed by atoms with Crippen LogP contribution in [-0.4, -0.2) is 43.1 Å². The Morgan fingerprint density at radius 3 is 1.43 bits per heavy atom. The number of fused-ring (bicyclic) bond motifs is 15. The third-order valence-corrected chi connectivity index (χ3v) is 15.6. The van der Waals surface area contributed by atoms with Crippen LogP contribution < -0.4 is 0 Å². The summed E-state index contributed by atoms with van der Waals surface area (Å²) in [6.45, 7) is 2.28. The summed E-state index contributed by atoms with van der Waals surface area (Å²) in [5.74, 6) is 2.88. The lowest BCUT2D eigenvalue weighted by atomic mass is 9.91. The molecule has 358 valence electrons. The quantitative estimate of drug-likeness (QED) is 0.165. The van der Waals surface area contributed by atoms with Crippen molar-refractivity contribution in [2.24, 2.45) is 0 Å². The lowest BCUT2D eigenvalue weighted by Crippen LogP contribution is -2.09. The van der Waals surface area contributed by atoms with Crippen molar-refractivity contribution in [1.29, 1.82) is 0 Å². The molecule has 0 amide bonds. The van der Waals surface area contributed by atoms with E-state index in [0.717, 1.165) is 165 Å². The zero-order valence-corrected chi connectivity index (χ0v) is 41.4. The zero-order valence-electron chi connectivity index (χ0n) is 41.4. The number of nitrogens with zero attached hydrogens (tertiary/aromatic N) is 9. The first kappa shape index (κ1) is 42.6. The van der Waals surface area contributed by atoms with Crippen molar-refractivity contribution in [3.05, 3.63) is 223 Å². The second-order valence-electron chi connectivity index (χ2n) is 20.3. The van der Waals surface area contributed by atoms with Gasteiger partial charge in [-0.05, 0) is 156 Å². The highest BCUT2D eigenvalue weighted by Gasteiger charge is 2.25. The predicted molar refractivity (Wildman–Crippen MR) is 308 cm³/mol. The summed E-state index contributed by atoms with van der Waals surface area (Å²) in [5.41, 5.74) is 22.5. The van der Waals surface area contributed by atoms with Crippen LogP contribution in [0.5, 0.6) is 0 Å². The van der Waals surface area contributed by atoms with Gasteiger partial charge < -0.3 is 0 Å². The van der Waals surface area contributed by atoms with E-state index in [9.17, 15) is 0 Å². The largest absolute Gasteiger partial charge is 0.276 e. The van der Waals surface area contributed by atoms with Crippen LogP contribution in [0.2, 0.25) is 0 Å². The lowest BCUT2D eigenvalue weighted by molar-refractivity contribution is 0.762. The summed E-state index contributed by atoms with van der Waals surface area (Å²) in [6, 6.07) is 66.8. The van der Waals surface area contributed by atoms with Gasteiger partial charge in [-0.2, -0.15) is 0 Å². The number of hydrogen-bond acceptors (Lipinski definition) is 6. The molecule has 2 aliphatic rings. The third-order valence-electron chi connectivity index (χ3n) is 15.6. The molecule has 1 unspecified atom stereocenters. The number of benzene rings is 8. The molecule has 9 heteroatoms. The molecule has 14 aromatic rings. The molecule has 6 heterocycles. The summed E-state index contributed by atoms with van der Waals surface area (Å²) in [5, 5.41) is 2.06. The van der Waals surface area contributed by atoms with Gasteiger partial charge in [0.15, 0.2) is 0 Å². The highest BCUT2D eigenvalue weighted by Crippen LogP contribution is 2.41. The van der Waals surface area contributed by atoms with Crippen molar-refractivity contribution in [1.82, 2.24) is 43.1 Å². The van der Waals surface area contributed by atoms with Gasteiger partial charge in [0.2, 0.25) is 0 Å². The van der Waals surface area contributed by atoms with E-state index < -0.39 is 0 Å². The molecular weight excluding hydrogens is 931 g/mol. The van der Waals surface area contributed by atoms with Crippen LogP contribution in [0.15, 0.2) is 200 Å². The van der Waals surface area contributed by atoms with E-state index in [1.54, 1.807) is 0 Å². The van der Waals surface area contributed by atoms with Gasteiger partial charge in [0.1, 0.15) is 34.4 Å². The van der Waals surface area contributed by atoms with Gasteiger partial charge >= 0.3 is 0 Å². The Morgan fingerprint density at radius 2 is 0.842 bits per heavy atom. The highest BCUT2D eigenvalue weighted by atomic mass is 15.1. The number of aryl methyl sites for hydroxylation is 1. The van der Waals surface area contributed by atoms with Gasteiger partial charge in [-0.3, -0.25) is 13.2 Å². The summed E-state index contributed by atoms with van der Waals surface area (Å²) in [6.07, 6.45) is 11.7. The SMILES string of the molecule is CC1CC=Cc2nc(-c3cccc(-c4cc(-c5cccc(-c6nc7ccccc7c7nc8c(n67)C=CCC8)c5)cc(-c5cccc(-c6nc7ccccc7c7nc8ccccc8n67)c5)c4)c3)n3c(nc4ccccc43)c21. The van der Waals surface area contributed by atoms with E-state index in [1.807, 2.05) is 12.1 Å². The standard InChI is InChI=1S/C67H45N9/c1-40-16-12-30-57-61(40)67-72-56-29-8-11-33-60(56)76(67)64(73-57)46-22-15-19-43(36-46)49-38-47(41-17-13-20-44(34-41)62-68-52-25-4-2-23-50(52)65-70-54-27-6-9-31-58(54)74(62)65)37-48(39-49)42-18-14-21-45(35-42)63-69-53-26-5-3-24-51(53)66-71-55-28-7-10-32-59(55)75(63)66/h2-6,8-15,17-27,29-40H,7,16,28H2,1H3. The van der Waals surface area contributed by atoms with Gasteiger partial charge in [0.05, 0.1) is 50.2 Å². The smallest absolute Gasteiger partial charge is 0.149 e. The van der Waals surface area contributed by atoms with E-state index in [2.05, 4.69) is 220 Å². The molecule has 16 rings (SSSR count). The topological polar surface area (TPSA) is 90.6 Å². The molecule has 9 nitrogen and oxygen atoms in total. The van der Waals surface area contributed by atoms with Crippen LogP contribution in [0.25, 0.3) is 141 Å². The number of rotatable bonds is 6. The fraction of sp³-hybridized carbons (Fsp3) is 0.0746. The molecule has 76 heavy (non-hydrogen) atoms. The predicted octanol–water partition coefficient (Wildman–Crippen LogP) is 15.9. The molecule has 0 saturated carbocycles. The number of aromatic nitrogens is 9. The van der Waals surface area contributed by atoms with Crippen molar-refractivity contribution < 1.29 is 0 Å². The van der Waals surface area contributed by atoms with Crippen molar-refractivity contribution in [3.63, 3.8) is 0 Å². The Balaban J connectivity index is 0.903. The molecule has 0 saturated heterocycles. The number of para-hydroxylation sites is 6. The normalized spacial score (nSPS) is 14.2. The summed E-state index contributed by atoms with van der Waals surface area (Å²) >= 11 is 0. The first-order valence-corrected chi connectivity index (χ1v) is 26.1. The molecule has 1 atom stereocenters. The second kappa shape index (κ2) is 16.6. The van der Waals surface area contributed by atoms with E-state index in [1.165, 1.54) is 5.56 Å². The fourth-order valence-electron chi connectivity index (χ4n) is 12.0. The third kappa shape index (κ3) is 6.58. The molecule has 2 aliphatic carbocycles. The Kier molecular flexibility index (Phi) is 9.30. The van der Waals surface area contributed by atoms with Crippen LogP contribution in [0.4, 0.5) is 0 Å². The maximum atomic E-state index is 5.45. The minimum atomic E-state index is 0.304. The summed E-state index contributed by atoms with van der Waals surface area (Å²) in [7, 11) is 0. The van der Waals surface area contributed by atoms with E-state index in [4.69, 9.17) is 29.9 Å². The molecule has 0 fully saturated rings. The van der Waals surface area contributed by atoms with Gasteiger partial charge in [0, 0.05) is 33.0 Å². The first-order chi connectivity index (χ1) is 37.6. The van der Waals surface area contributed by atoms with Gasteiger partial charge in [-0.15, -0.1) is 0 Å². The van der Waals surface area contributed by atoms with Crippen LogP contribution in [0.3, 0.4) is 0 Å². The van der Waals surface area contributed by atoms with E-state index in [0.29, 0.717) is 5.92 Å². The fourth-order valence-corrected chi connectivity index (χ4v) is 12.0. The van der Waals surface area contributed by atoms with Crippen molar-refractivity contribution in [2.45, 2.75) is 32.1 Å². The van der Waals surface area contributed by atoms with Gasteiger partial charge in [-0.25, -0.2) is 29.9 Å². The summed E-state index contributed by atoms with van der Waals surface area (Å²) in [4.78, 5) is 31.8. The first-order valence-electron chi connectivity index (χ1n) is 26.1. The second-order valence-corrected chi connectivity index (χ2v) is 20.3. The molecule has 0 aliphatic heterocycles.